The Hall–Kier alpha value is -1.08. The van der Waals surface area contributed by atoms with Crippen LogP contribution >= 0.6 is 0 Å². The van der Waals surface area contributed by atoms with Gasteiger partial charge in [0, 0.05) is 0 Å². The number of sulfone groups is 1. The summed E-state index contributed by atoms with van der Waals surface area (Å²) < 4.78 is 60.7. The van der Waals surface area contributed by atoms with Crippen LogP contribution in [0, 0.1) is 0 Å². The third-order valence-electron chi connectivity index (χ3n) is 2.66. The molecule has 0 aromatic heterocycles. The number of unbranched alkanes of at least 4 members (excludes halogenated alkanes) is 2. The van der Waals surface area contributed by atoms with Gasteiger partial charge in [-0.2, -0.15) is 13.2 Å². The number of hydrogen-bond acceptors (Lipinski definition) is 3. The zero-order valence-electron chi connectivity index (χ0n) is 10.3. The van der Waals surface area contributed by atoms with Gasteiger partial charge in [0.05, 0.1) is 16.2 Å². The highest BCUT2D eigenvalue weighted by Crippen LogP contribution is 2.29. The first-order valence-electron chi connectivity index (χ1n) is 5.87. The van der Waals surface area contributed by atoms with E-state index in [4.69, 9.17) is 5.73 Å². The second-order valence-electron chi connectivity index (χ2n) is 4.19. The van der Waals surface area contributed by atoms with Gasteiger partial charge in [-0.25, -0.2) is 8.42 Å². The maximum absolute atomic E-state index is 12.3. The first kappa shape index (κ1) is 16.0. The van der Waals surface area contributed by atoms with Crippen LogP contribution in [0.15, 0.2) is 29.2 Å². The van der Waals surface area contributed by atoms with Crippen LogP contribution in [0.5, 0.6) is 0 Å². The summed E-state index contributed by atoms with van der Waals surface area (Å²) in [5.41, 5.74) is 4.44. The van der Waals surface area contributed by atoms with Crippen LogP contribution in [0.1, 0.15) is 24.8 Å². The first-order valence-corrected chi connectivity index (χ1v) is 7.52. The van der Waals surface area contributed by atoms with Crippen molar-refractivity contribution >= 4 is 9.84 Å². The average molecular weight is 295 g/mol. The van der Waals surface area contributed by atoms with E-state index in [9.17, 15) is 21.6 Å². The second-order valence-corrected chi connectivity index (χ2v) is 6.30. The summed E-state index contributed by atoms with van der Waals surface area (Å²) in [7, 11) is -3.51. The third-order valence-corrected chi connectivity index (χ3v) is 4.47. The SMILES string of the molecule is NCCCCCS(=O)(=O)c1ccc(C(F)(F)F)cc1. The molecule has 1 aromatic rings. The topological polar surface area (TPSA) is 60.2 Å². The largest absolute Gasteiger partial charge is 0.416 e. The molecule has 0 aliphatic carbocycles. The average Bonchev–Trinajstić information content (AvgIpc) is 2.34. The Bertz CT molecular complexity index is 495. The van der Waals surface area contributed by atoms with E-state index < -0.39 is 21.6 Å². The van der Waals surface area contributed by atoms with E-state index in [2.05, 4.69) is 0 Å². The molecule has 1 rings (SSSR count). The maximum Gasteiger partial charge on any atom is 0.416 e. The van der Waals surface area contributed by atoms with Crippen molar-refractivity contribution in [1.29, 1.82) is 0 Å². The first-order chi connectivity index (χ1) is 8.77. The highest BCUT2D eigenvalue weighted by atomic mass is 32.2. The van der Waals surface area contributed by atoms with Crippen LogP contribution < -0.4 is 5.73 Å². The Morgan fingerprint density at radius 2 is 1.58 bits per heavy atom. The summed E-state index contributed by atoms with van der Waals surface area (Å²) in [4.78, 5) is -0.0757. The van der Waals surface area contributed by atoms with E-state index in [-0.39, 0.29) is 10.6 Å². The summed E-state index contributed by atoms with van der Waals surface area (Å²) in [6.45, 7) is 0.500. The van der Waals surface area contributed by atoms with Crippen molar-refractivity contribution < 1.29 is 21.6 Å². The van der Waals surface area contributed by atoms with Gasteiger partial charge in [-0.3, -0.25) is 0 Å². The van der Waals surface area contributed by atoms with Gasteiger partial charge in [-0.15, -0.1) is 0 Å². The lowest BCUT2D eigenvalue weighted by Crippen LogP contribution is -2.09. The van der Waals surface area contributed by atoms with Crippen LogP contribution in [0.4, 0.5) is 13.2 Å². The fourth-order valence-electron chi connectivity index (χ4n) is 1.58. The molecule has 7 heteroatoms. The van der Waals surface area contributed by atoms with E-state index in [0.717, 1.165) is 30.7 Å². The number of benzene rings is 1. The van der Waals surface area contributed by atoms with E-state index in [1.807, 2.05) is 0 Å². The molecule has 0 aliphatic heterocycles. The molecule has 0 amide bonds. The lowest BCUT2D eigenvalue weighted by molar-refractivity contribution is -0.137. The van der Waals surface area contributed by atoms with Crippen LogP contribution in [-0.4, -0.2) is 20.7 Å². The normalized spacial score (nSPS) is 12.6. The summed E-state index contributed by atoms with van der Waals surface area (Å²) in [6.07, 6.45) is -2.57. The molecule has 3 nitrogen and oxygen atoms in total. The Labute approximate surface area is 110 Å². The van der Waals surface area contributed by atoms with Crippen molar-refractivity contribution in [2.45, 2.75) is 30.3 Å². The van der Waals surface area contributed by atoms with Crippen molar-refractivity contribution in [3.8, 4) is 0 Å². The minimum Gasteiger partial charge on any atom is -0.330 e. The standard InChI is InChI=1S/C12H16F3NO2S/c13-12(14,15)10-4-6-11(7-5-10)19(17,18)9-3-1-2-8-16/h4-7H,1-3,8-9,16H2. The van der Waals surface area contributed by atoms with Crippen LogP contribution in [0.25, 0.3) is 0 Å². The van der Waals surface area contributed by atoms with Gasteiger partial charge >= 0.3 is 6.18 Å². The molecule has 0 unspecified atom stereocenters. The van der Waals surface area contributed by atoms with E-state index in [1.54, 1.807) is 0 Å². The lowest BCUT2D eigenvalue weighted by atomic mass is 10.2. The lowest BCUT2D eigenvalue weighted by Gasteiger charge is -2.08. The summed E-state index contributed by atoms with van der Waals surface area (Å²) in [5.74, 6) is -0.0711. The van der Waals surface area contributed by atoms with E-state index in [0.29, 0.717) is 19.4 Å². The molecule has 0 bridgehead atoms. The quantitative estimate of drug-likeness (QED) is 0.821. The zero-order valence-corrected chi connectivity index (χ0v) is 11.1. The van der Waals surface area contributed by atoms with Crippen molar-refractivity contribution in [2.75, 3.05) is 12.3 Å². The number of halogens is 3. The molecule has 2 N–H and O–H groups in total. The van der Waals surface area contributed by atoms with Gasteiger partial charge in [-0.05, 0) is 43.7 Å². The number of hydrogen-bond donors (Lipinski definition) is 1. The van der Waals surface area contributed by atoms with Crippen LogP contribution in [-0.2, 0) is 16.0 Å². The van der Waals surface area contributed by atoms with Gasteiger partial charge in [0.2, 0.25) is 0 Å². The van der Waals surface area contributed by atoms with Crippen molar-refractivity contribution in [3.63, 3.8) is 0 Å². The highest BCUT2D eigenvalue weighted by Gasteiger charge is 2.30. The Kier molecular flexibility index (Phi) is 5.37. The smallest absolute Gasteiger partial charge is 0.330 e. The minimum absolute atomic E-state index is 0.0711. The monoisotopic (exact) mass is 295 g/mol. The Morgan fingerprint density at radius 3 is 2.05 bits per heavy atom. The van der Waals surface area contributed by atoms with Crippen molar-refractivity contribution in [3.05, 3.63) is 29.8 Å². The molecule has 0 spiro atoms. The molecule has 19 heavy (non-hydrogen) atoms. The minimum atomic E-state index is -4.45. The van der Waals surface area contributed by atoms with Crippen LogP contribution in [0.3, 0.4) is 0 Å². The van der Waals surface area contributed by atoms with Crippen molar-refractivity contribution in [2.24, 2.45) is 5.73 Å². The van der Waals surface area contributed by atoms with Gasteiger partial charge < -0.3 is 5.73 Å². The molecule has 0 saturated carbocycles. The zero-order chi connectivity index (χ0) is 14.5. The molecule has 0 radical (unpaired) electrons. The molecule has 0 atom stereocenters. The molecule has 1 aromatic carbocycles. The molecular weight excluding hydrogens is 279 g/mol. The van der Waals surface area contributed by atoms with Gasteiger partial charge in [0.25, 0.3) is 0 Å². The molecular formula is C12H16F3NO2S. The fraction of sp³-hybridized carbons (Fsp3) is 0.500. The summed E-state index contributed by atoms with van der Waals surface area (Å²) in [5, 5.41) is 0. The molecule has 0 aliphatic rings. The second kappa shape index (κ2) is 6.38. The summed E-state index contributed by atoms with van der Waals surface area (Å²) >= 11 is 0. The van der Waals surface area contributed by atoms with Gasteiger partial charge in [0.15, 0.2) is 9.84 Å². The fourth-order valence-corrected chi connectivity index (χ4v) is 2.95. The third kappa shape index (κ3) is 4.83. The predicted molar refractivity (Wildman–Crippen MR) is 66.4 cm³/mol. The Morgan fingerprint density at radius 1 is 1.00 bits per heavy atom. The molecule has 108 valence electrons. The molecule has 0 fully saturated rings. The number of rotatable bonds is 6. The predicted octanol–water partition coefficient (Wildman–Crippen LogP) is 2.61. The van der Waals surface area contributed by atoms with Crippen LogP contribution in [0.2, 0.25) is 0 Å². The molecule has 0 heterocycles. The number of nitrogens with two attached hydrogens (primary N) is 1. The summed E-state index contributed by atoms with van der Waals surface area (Å²) in [6, 6.07) is 3.57. The van der Waals surface area contributed by atoms with E-state index >= 15 is 0 Å². The maximum atomic E-state index is 12.3. The number of alkyl halides is 3. The van der Waals surface area contributed by atoms with Gasteiger partial charge in [0.1, 0.15) is 0 Å². The van der Waals surface area contributed by atoms with Crippen molar-refractivity contribution in [1.82, 2.24) is 0 Å². The van der Waals surface area contributed by atoms with Gasteiger partial charge in [-0.1, -0.05) is 6.42 Å². The highest BCUT2D eigenvalue weighted by molar-refractivity contribution is 7.91. The molecule has 0 saturated heterocycles. The van der Waals surface area contributed by atoms with E-state index in [1.165, 1.54) is 0 Å². The Balaban J connectivity index is 2.74.